The Balaban J connectivity index is 0.000000386. The molecule has 1 amide bonds. The van der Waals surface area contributed by atoms with Crippen LogP contribution in [0, 0.1) is 0 Å². The molecule has 0 unspecified atom stereocenters. The van der Waals surface area contributed by atoms with Crippen molar-refractivity contribution in [3.05, 3.63) is 73.1 Å². The maximum absolute atomic E-state index is 10.4. The molecule has 0 radical (unpaired) electrons. The zero-order valence-electron chi connectivity index (χ0n) is 20.4. The second-order valence-electron chi connectivity index (χ2n) is 7.05. The minimum absolute atomic E-state index is 0.281. The highest BCUT2D eigenvalue weighted by Crippen LogP contribution is 2.26. The van der Waals surface area contributed by atoms with Gasteiger partial charge in [0, 0.05) is 25.4 Å². The molecule has 2 N–H and O–H groups in total. The zero-order valence-corrected chi connectivity index (χ0v) is 20.4. The van der Waals surface area contributed by atoms with Crippen LogP contribution in [0.5, 0.6) is 0 Å². The van der Waals surface area contributed by atoms with Crippen LogP contribution in [-0.2, 0) is 4.79 Å². The van der Waals surface area contributed by atoms with Crippen molar-refractivity contribution in [1.82, 2.24) is 15.4 Å². The molecular formula is C27H38N4O2. The molecule has 33 heavy (non-hydrogen) atoms. The number of rotatable bonds is 9. The average Bonchev–Trinajstić information content (AvgIpc) is 2.90. The molecule has 6 heteroatoms. The maximum Gasteiger partial charge on any atom is 0.243 e. The smallest absolute Gasteiger partial charge is 0.243 e. The molecule has 0 aliphatic rings. The van der Waals surface area contributed by atoms with Crippen molar-refractivity contribution in [2.75, 3.05) is 11.4 Å². The minimum Gasteiger partial charge on any atom is -0.311 e. The lowest BCUT2D eigenvalue weighted by Gasteiger charge is -2.21. The number of carbonyl (C=O) groups is 1. The Hall–Kier alpha value is -3.25. The third-order valence-corrected chi connectivity index (χ3v) is 4.75. The van der Waals surface area contributed by atoms with Crippen LogP contribution < -0.4 is 10.4 Å². The van der Waals surface area contributed by atoms with Gasteiger partial charge < -0.3 is 4.90 Å². The molecular weight excluding hydrogens is 412 g/mol. The molecule has 6 nitrogen and oxygen atoms in total. The van der Waals surface area contributed by atoms with Crippen LogP contribution in [0.3, 0.4) is 0 Å². The third-order valence-electron chi connectivity index (χ3n) is 4.75. The number of amides is 1. The van der Waals surface area contributed by atoms with E-state index in [0.717, 1.165) is 36.6 Å². The van der Waals surface area contributed by atoms with Gasteiger partial charge in [0.1, 0.15) is 11.6 Å². The number of nitrogens with zero attached hydrogens (tertiary/aromatic N) is 3. The first-order valence-electron chi connectivity index (χ1n) is 11.8. The van der Waals surface area contributed by atoms with Crippen molar-refractivity contribution in [3.63, 3.8) is 0 Å². The first-order valence-corrected chi connectivity index (χ1v) is 11.8. The normalized spacial score (nSPS) is 9.61. The van der Waals surface area contributed by atoms with Crippen molar-refractivity contribution < 1.29 is 10.0 Å². The summed E-state index contributed by atoms with van der Waals surface area (Å²) in [4.78, 5) is 21.4. The molecule has 0 bridgehead atoms. The summed E-state index contributed by atoms with van der Waals surface area (Å²) in [5.41, 5.74) is 3.96. The third kappa shape index (κ3) is 10.3. The molecule has 0 saturated heterocycles. The summed E-state index contributed by atoms with van der Waals surface area (Å²) in [7, 11) is 0. The van der Waals surface area contributed by atoms with Gasteiger partial charge in [-0.1, -0.05) is 76.4 Å². The van der Waals surface area contributed by atoms with E-state index in [2.05, 4.69) is 46.9 Å². The van der Waals surface area contributed by atoms with Crippen molar-refractivity contribution in [2.24, 2.45) is 0 Å². The summed E-state index contributed by atoms with van der Waals surface area (Å²) < 4.78 is 0. The Kier molecular flexibility index (Phi) is 14.6. The summed E-state index contributed by atoms with van der Waals surface area (Å²) in [5.74, 6) is 1.55. The molecule has 2 heterocycles. The van der Waals surface area contributed by atoms with Gasteiger partial charge in [0.2, 0.25) is 5.91 Å². The second-order valence-corrected chi connectivity index (χ2v) is 7.05. The van der Waals surface area contributed by atoms with Gasteiger partial charge in [-0.3, -0.25) is 10.0 Å². The SMILES string of the molecule is CC.CCCCCCC(=O)NO.CCN(c1ccccn1)c1cc(-c2ccccc2)ccn1. The lowest BCUT2D eigenvalue weighted by atomic mass is 10.1. The fourth-order valence-corrected chi connectivity index (χ4v) is 3.10. The molecule has 0 aliphatic heterocycles. The number of hydrogen-bond acceptors (Lipinski definition) is 5. The number of pyridine rings is 2. The standard InChI is InChI=1S/C18H17N3.C7H15NO2.C2H6/c1-2-21(17-10-6-7-12-19-17)18-14-16(11-13-20-18)15-8-4-3-5-9-15;1-2-3-4-5-6-7(9)8-10;1-2/h3-14H,2H2,1H3;10H,2-6H2,1H3,(H,8,9);1-2H3. The molecule has 3 rings (SSSR count). The van der Waals surface area contributed by atoms with Gasteiger partial charge in [-0.25, -0.2) is 15.4 Å². The Morgan fingerprint density at radius 1 is 0.848 bits per heavy atom. The van der Waals surface area contributed by atoms with Gasteiger partial charge in [0.15, 0.2) is 0 Å². The molecule has 0 spiro atoms. The van der Waals surface area contributed by atoms with E-state index >= 15 is 0 Å². The number of carbonyl (C=O) groups excluding carboxylic acids is 1. The fraction of sp³-hybridized carbons (Fsp3) is 0.370. The molecule has 0 saturated carbocycles. The lowest BCUT2D eigenvalue weighted by molar-refractivity contribution is -0.129. The number of hydrogen-bond donors (Lipinski definition) is 2. The Morgan fingerprint density at radius 2 is 1.55 bits per heavy atom. The summed E-state index contributed by atoms with van der Waals surface area (Å²) >= 11 is 0. The highest BCUT2D eigenvalue weighted by molar-refractivity contribution is 5.74. The molecule has 0 fully saturated rings. The molecule has 3 aromatic rings. The van der Waals surface area contributed by atoms with E-state index < -0.39 is 0 Å². The van der Waals surface area contributed by atoms with E-state index in [-0.39, 0.29) is 5.91 Å². The predicted octanol–water partition coefficient (Wildman–Crippen LogP) is 6.79. The van der Waals surface area contributed by atoms with Gasteiger partial charge in [-0.15, -0.1) is 0 Å². The lowest BCUT2D eigenvalue weighted by Crippen LogP contribution is -2.18. The highest BCUT2D eigenvalue weighted by atomic mass is 16.5. The van der Waals surface area contributed by atoms with Crippen LogP contribution in [0.25, 0.3) is 11.1 Å². The van der Waals surface area contributed by atoms with E-state index in [1.165, 1.54) is 18.4 Å². The Labute approximate surface area is 198 Å². The molecule has 2 aromatic heterocycles. The van der Waals surface area contributed by atoms with E-state index in [9.17, 15) is 4.79 Å². The first kappa shape index (κ1) is 27.8. The summed E-state index contributed by atoms with van der Waals surface area (Å²) in [6.07, 6.45) is 8.38. The van der Waals surface area contributed by atoms with Gasteiger partial charge in [-0.2, -0.15) is 0 Å². The Morgan fingerprint density at radius 3 is 2.15 bits per heavy atom. The first-order chi connectivity index (χ1) is 16.2. The van der Waals surface area contributed by atoms with E-state index in [1.54, 1.807) is 11.7 Å². The number of nitrogens with one attached hydrogen (secondary N) is 1. The number of anilines is 2. The van der Waals surface area contributed by atoms with E-state index in [1.807, 2.05) is 62.5 Å². The fourth-order valence-electron chi connectivity index (χ4n) is 3.10. The van der Waals surface area contributed by atoms with E-state index in [0.29, 0.717) is 6.42 Å². The molecule has 0 atom stereocenters. The van der Waals surface area contributed by atoms with Crippen LogP contribution in [0.2, 0.25) is 0 Å². The number of aromatic nitrogens is 2. The quantitative estimate of drug-likeness (QED) is 0.213. The highest BCUT2D eigenvalue weighted by Gasteiger charge is 2.10. The number of hydroxylamine groups is 1. The van der Waals surface area contributed by atoms with Gasteiger partial charge in [0.25, 0.3) is 0 Å². The Bertz CT molecular complexity index is 889. The van der Waals surface area contributed by atoms with Crippen molar-refractivity contribution in [3.8, 4) is 11.1 Å². The van der Waals surface area contributed by atoms with E-state index in [4.69, 9.17) is 5.21 Å². The zero-order chi connectivity index (χ0) is 24.3. The van der Waals surface area contributed by atoms with Crippen LogP contribution in [0.15, 0.2) is 73.1 Å². The van der Waals surface area contributed by atoms with Crippen molar-refractivity contribution in [2.45, 2.75) is 59.8 Å². The van der Waals surface area contributed by atoms with Crippen LogP contribution in [-0.4, -0.2) is 27.6 Å². The van der Waals surface area contributed by atoms with Gasteiger partial charge >= 0.3 is 0 Å². The largest absolute Gasteiger partial charge is 0.311 e. The minimum atomic E-state index is -0.281. The van der Waals surface area contributed by atoms with Crippen molar-refractivity contribution in [1.29, 1.82) is 0 Å². The second kappa shape index (κ2) is 17.3. The van der Waals surface area contributed by atoms with Crippen LogP contribution in [0.4, 0.5) is 11.6 Å². The van der Waals surface area contributed by atoms with Crippen LogP contribution in [0.1, 0.15) is 59.8 Å². The van der Waals surface area contributed by atoms with Crippen LogP contribution >= 0.6 is 0 Å². The van der Waals surface area contributed by atoms with Crippen molar-refractivity contribution >= 4 is 17.5 Å². The summed E-state index contributed by atoms with van der Waals surface area (Å²) in [6.45, 7) is 9.04. The topological polar surface area (TPSA) is 78.4 Å². The maximum atomic E-state index is 10.4. The number of unbranched alkanes of at least 4 members (excludes halogenated alkanes) is 3. The summed E-state index contributed by atoms with van der Waals surface area (Å²) in [6, 6.07) is 20.4. The molecule has 0 aliphatic carbocycles. The molecule has 178 valence electrons. The van der Waals surface area contributed by atoms with Gasteiger partial charge in [0.05, 0.1) is 0 Å². The van der Waals surface area contributed by atoms with Gasteiger partial charge in [-0.05, 0) is 48.7 Å². The summed E-state index contributed by atoms with van der Waals surface area (Å²) in [5, 5.41) is 8.09. The average molecular weight is 451 g/mol. The molecule has 1 aromatic carbocycles. The predicted molar refractivity (Wildman–Crippen MR) is 137 cm³/mol. The monoisotopic (exact) mass is 450 g/mol. The number of benzene rings is 1.